The van der Waals surface area contributed by atoms with Crippen LogP contribution in [0.3, 0.4) is 0 Å². The Bertz CT molecular complexity index is 480. The Morgan fingerprint density at radius 3 is 3.00 bits per heavy atom. The lowest BCUT2D eigenvalue weighted by molar-refractivity contribution is -0.387. The van der Waals surface area contributed by atoms with Gasteiger partial charge in [-0.15, -0.1) is 5.10 Å². The van der Waals surface area contributed by atoms with E-state index < -0.39 is 4.92 Å². The minimum Gasteiger partial charge on any atom is -0.358 e. The van der Waals surface area contributed by atoms with E-state index in [1.807, 2.05) is 0 Å². The number of aromatic amines is 1. The standard InChI is InChI=1S/C7H4ClN3O2/c8-4-1-2-6-5(3-4)7(10-9-6)11(12)13/h1-3H,(H,9,10). The van der Waals surface area contributed by atoms with E-state index in [2.05, 4.69) is 10.2 Å². The highest BCUT2D eigenvalue weighted by atomic mass is 35.5. The molecule has 1 N–H and O–H groups in total. The predicted octanol–water partition coefficient (Wildman–Crippen LogP) is 2.12. The van der Waals surface area contributed by atoms with Crippen molar-refractivity contribution in [3.8, 4) is 0 Å². The molecule has 5 nitrogen and oxygen atoms in total. The molecule has 0 spiro atoms. The first-order chi connectivity index (χ1) is 6.18. The van der Waals surface area contributed by atoms with Crippen LogP contribution in [-0.2, 0) is 0 Å². The molecule has 0 saturated carbocycles. The Labute approximate surface area is 77.5 Å². The molecule has 6 heteroatoms. The van der Waals surface area contributed by atoms with Crippen LogP contribution in [0, 0.1) is 10.1 Å². The minimum atomic E-state index is -0.522. The maximum absolute atomic E-state index is 10.5. The molecule has 1 aromatic carbocycles. The fourth-order valence-electron chi connectivity index (χ4n) is 1.11. The number of hydrogen-bond donors (Lipinski definition) is 1. The van der Waals surface area contributed by atoms with Crippen LogP contribution in [0.25, 0.3) is 10.9 Å². The lowest BCUT2D eigenvalue weighted by Gasteiger charge is -1.90. The maximum Gasteiger partial charge on any atom is 0.350 e. The normalized spacial score (nSPS) is 10.5. The summed E-state index contributed by atoms with van der Waals surface area (Å²) in [4.78, 5) is 9.96. The first kappa shape index (κ1) is 8.00. The predicted molar refractivity (Wildman–Crippen MR) is 47.8 cm³/mol. The molecule has 0 fully saturated rings. The monoisotopic (exact) mass is 197 g/mol. The number of nitrogens with one attached hydrogen (secondary N) is 1. The highest BCUT2D eigenvalue weighted by Gasteiger charge is 2.13. The number of aromatic nitrogens is 2. The number of nitrogens with zero attached hydrogens (tertiary/aromatic N) is 2. The van der Waals surface area contributed by atoms with Gasteiger partial charge >= 0.3 is 5.82 Å². The van der Waals surface area contributed by atoms with E-state index in [0.29, 0.717) is 15.9 Å². The van der Waals surface area contributed by atoms with Crippen molar-refractivity contribution < 1.29 is 4.92 Å². The number of nitro groups is 1. The zero-order chi connectivity index (χ0) is 9.42. The summed E-state index contributed by atoms with van der Waals surface area (Å²) in [6, 6.07) is 4.77. The van der Waals surface area contributed by atoms with Crippen molar-refractivity contribution in [3.63, 3.8) is 0 Å². The van der Waals surface area contributed by atoms with Crippen molar-refractivity contribution in [2.45, 2.75) is 0 Å². The van der Waals surface area contributed by atoms with Crippen LogP contribution >= 0.6 is 11.6 Å². The summed E-state index contributed by atoms with van der Waals surface area (Å²) in [5.74, 6) is -0.127. The van der Waals surface area contributed by atoms with Crippen molar-refractivity contribution in [2.24, 2.45) is 0 Å². The van der Waals surface area contributed by atoms with E-state index in [9.17, 15) is 10.1 Å². The van der Waals surface area contributed by atoms with E-state index in [4.69, 9.17) is 11.6 Å². The average Bonchev–Trinajstić information content (AvgIpc) is 2.46. The number of halogens is 1. The number of rotatable bonds is 1. The smallest absolute Gasteiger partial charge is 0.350 e. The summed E-state index contributed by atoms with van der Waals surface area (Å²) in [6.07, 6.45) is 0. The van der Waals surface area contributed by atoms with Gasteiger partial charge in [0.15, 0.2) is 0 Å². The lowest BCUT2D eigenvalue weighted by Crippen LogP contribution is -1.87. The van der Waals surface area contributed by atoms with E-state index in [0.717, 1.165) is 0 Å². The molecule has 0 radical (unpaired) electrons. The zero-order valence-electron chi connectivity index (χ0n) is 6.32. The molecule has 1 aromatic heterocycles. The van der Waals surface area contributed by atoms with Crippen LogP contribution in [-0.4, -0.2) is 15.1 Å². The maximum atomic E-state index is 10.5. The summed E-state index contributed by atoms with van der Waals surface area (Å²) in [7, 11) is 0. The Morgan fingerprint density at radius 2 is 2.31 bits per heavy atom. The molecule has 0 unspecified atom stereocenters. The SMILES string of the molecule is O=[N+]([O-])c1[nH]nc2ccc(Cl)cc12. The molecule has 66 valence electrons. The zero-order valence-corrected chi connectivity index (χ0v) is 7.08. The highest BCUT2D eigenvalue weighted by molar-refractivity contribution is 6.31. The molecule has 0 bridgehead atoms. The third kappa shape index (κ3) is 1.23. The van der Waals surface area contributed by atoms with Crippen LogP contribution in [0.15, 0.2) is 18.2 Å². The molecular weight excluding hydrogens is 194 g/mol. The summed E-state index contributed by atoms with van der Waals surface area (Å²) >= 11 is 5.69. The van der Waals surface area contributed by atoms with Gasteiger partial charge in [0.05, 0.1) is 0 Å². The van der Waals surface area contributed by atoms with Crippen molar-refractivity contribution >= 4 is 28.3 Å². The molecule has 0 atom stereocenters. The average molecular weight is 198 g/mol. The van der Waals surface area contributed by atoms with Gasteiger partial charge in [0.1, 0.15) is 10.9 Å². The molecule has 2 rings (SSSR count). The fourth-order valence-corrected chi connectivity index (χ4v) is 1.28. The number of fused-ring (bicyclic) bond motifs is 1. The van der Waals surface area contributed by atoms with Gasteiger partial charge in [-0.2, -0.15) is 0 Å². The van der Waals surface area contributed by atoms with Crippen molar-refractivity contribution in [2.75, 3.05) is 0 Å². The van der Waals surface area contributed by atoms with E-state index >= 15 is 0 Å². The van der Waals surface area contributed by atoms with Gasteiger partial charge in [0.2, 0.25) is 0 Å². The second-order valence-electron chi connectivity index (χ2n) is 2.49. The lowest BCUT2D eigenvalue weighted by atomic mass is 10.2. The second-order valence-corrected chi connectivity index (χ2v) is 2.93. The van der Waals surface area contributed by atoms with Crippen LogP contribution < -0.4 is 0 Å². The fraction of sp³-hybridized carbons (Fsp3) is 0. The first-order valence-corrected chi connectivity index (χ1v) is 3.84. The van der Waals surface area contributed by atoms with Crippen LogP contribution in [0.1, 0.15) is 0 Å². The second kappa shape index (κ2) is 2.70. The van der Waals surface area contributed by atoms with Gasteiger partial charge in [-0.3, -0.25) is 0 Å². The molecule has 0 aliphatic carbocycles. The largest absolute Gasteiger partial charge is 0.358 e. The van der Waals surface area contributed by atoms with Gasteiger partial charge in [-0.1, -0.05) is 16.7 Å². The van der Waals surface area contributed by atoms with Crippen molar-refractivity contribution in [1.82, 2.24) is 10.2 Å². The number of benzene rings is 1. The number of H-pyrrole nitrogens is 1. The first-order valence-electron chi connectivity index (χ1n) is 3.46. The Morgan fingerprint density at radius 1 is 1.54 bits per heavy atom. The van der Waals surface area contributed by atoms with Crippen molar-refractivity contribution in [1.29, 1.82) is 0 Å². The molecule has 13 heavy (non-hydrogen) atoms. The summed E-state index contributed by atoms with van der Waals surface area (Å²) < 4.78 is 0. The van der Waals surface area contributed by atoms with Crippen LogP contribution in [0.5, 0.6) is 0 Å². The van der Waals surface area contributed by atoms with E-state index in [-0.39, 0.29) is 5.82 Å². The van der Waals surface area contributed by atoms with Crippen LogP contribution in [0.2, 0.25) is 5.02 Å². The summed E-state index contributed by atoms with van der Waals surface area (Å²) in [5, 5.41) is 17.5. The van der Waals surface area contributed by atoms with E-state index in [1.165, 1.54) is 6.07 Å². The van der Waals surface area contributed by atoms with Crippen LogP contribution in [0.4, 0.5) is 5.82 Å². The Hall–Kier alpha value is -1.62. The quantitative estimate of drug-likeness (QED) is 0.562. The molecule has 1 heterocycles. The molecule has 0 aliphatic rings. The topological polar surface area (TPSA) is 71.8 Å². The molecule has 0 aliphatic heterocycles. The molecule has 0 saturated heterocycles. The van der Waals surface area contributed by atoms with Crippen molar-refractivity contribution in [3.05, 3.63) is 33.3 Å². The Kier molecular flexibility index (Phi) is 1.66. The van der Waals surface area contributed by atoms with E-state index in [1.54, 1.807) is 12.1 Å². The van der Waals surface area contributed by atoms with Gasteiger partial charge < -0.3 is 10.1 Å². The van der Waals surface area contributed by atoms with Gasteiger partial charge in [0.25, 0.3) is 0 Å². The van der Waals surface area contributed by atoms with Gasteiger partial charge in [-0.05, 0) is 23.1 Å². The highest BCUT2D eigenvalue weighted by Crippen LogP contribution is 2.24. The molecular formula is C7H4ClN3O2. The summed E-state index contributed by atoms with van der Waals surface area (Å²) in [5.41, 5.74) is 0.538. The third-order valence-electron chi connectivity index (χ3n) is 1.68. The van der Waals surface area contributed by atoms with Gasteiger partial charge in [-0.25, -0.2) is 0 Å². The molecule has 2 aromatic rings. The molecule has 0 amide bonds. The minimum absolute atomic E-state index is 0.127. The summed E-state index contributed by atoms with van der Waals surface area (Å²) in [6.45, 7) is 0. The number of hydrogen-bond acceptors (Lipinski definition) is 3. The Balaban J connectivity index is 2.79. The van der Waals surface area contributed by atoms with Gasteiger partial charge in [0, 0.05) is 5.02 Å². The third-order valence-corrected chi connectivity index (χ3v) is 1.91.